The number of methoxy groups -OCH3 is 1. The lowest BCUT2D eigenvalue weighted by atomic mass is 9.91. The van der Waals surface area contributed by atoms with Gasteiger partial charge in [0.1, 0.15) is 16.9 Å². The molecule has 1 atom stereocenters. The number of hydrogen-bond acceptors (Lipinski definition) is 4. The smallest absolute Gasteiger partial charge is 0.347 e. The van der Waals surface area contributed by atoms with Crippen molar-refractivity contribution < 1.29 is 13.9 Å². The lowest BCUT2D eigenvalue weighted by molar-refractivity contribution is 0.103. The highest BCUT2D eigenvalue weighted by molar-refractivity contribution is 6.09. The molecule has 0 aliphatic rings. The summed E-state index contributed by atoms with van der Waals surface area (Å²) in [4.78, 5) is 25.3. The summed E-state index contributed by atoms with van der Waals surface area (Å²) in [7, 11) is 1.55. The number of benzene rings is 2. The molecule has 29 heavy (non-hydrogen) atoms. The maximum Gasteiger partial charge on any atom is 0.347 e. The average molecular weight is 392 g/mol. The lowest BCUT2D eigenvalue weighted by Crippen LogP contribution is -2.15. The Balaban J connectivity index is 1.81. The van der Waals surface area contributed by atoms with Crippen molar-refractivity contribution in [2.24, 2.45) is 5.92 Å². The van der Waals surface area contributed by atoms with Crippen molar-refractivity contribution in [3.63, 3.8) is 0 Å². The normalized spacial score (nSPS) is 12.1. The molecular weight excluding hydrogens is 364 g/mol. The molecule has 0 spiro atoms. The van der Waals surface area contributed by atoms with Gasteiger partial charge in [0.15, 0.2) is 5.78 Å². The summed E-state index contributed by atoms with van der Waals surface area (Å²) in [5.74, 6) is 0.946. The van der Waals surface area contributed by atoms with E-state index in [2.05, 4.69) is 13.8 Å². The molecule has 1 aromatic heterocycles. The number of carbonyl (C=O) groups is 1. The van der Waals surface area contributed by atoms with Gasteiger partial charge in [-0.2, -0.15) is 0 Å². The molecule has 3 aromatic rings. The number of fused-ring (bicyclic) bond motifs is 1. The van der Waals surface area contributed by atoms with E-state index in [9.17, 15) is 9.59 Å². The van der Waals surface area contributed by atoms with E-state index < -0.39 is 5.63 Å². The number of unbranched alkanes of at least 4 members (excludes halogenated alkanes) is 1. The molecule has 1 heterocycles. The van der Waals surface area contributed by atoms with Gasteiger partial charge in [-0.1, -0.05) is 63.8 Å². The Morgan fingerprint density at radius 3 is 2.48 bits per heavy atom. The van der Waals surface area contributed by atoms with Crippen molar-refractivity contribution in [2.45, 2.75) is 46.0 Å². The van der Waals surface area contributed by atoms with Crippen LogP contribution in [0.1, 0.15) is 61.0 Å². The number of carbonyl (C=O) groups excluding carboxylic acids is 1. The Morgan fingerprint density at radius 1 is 1.07 bits per heavy atom. The number of rotatable bonds is 9. The molecule has 0 amide bonds. The van der Waals surface area contributed by atoms with Crippen LogP contribution in [0.4, 0.5) is 0 Å². The fourth-order valence-electron chi connectivity index (χ4n) is 3.60. The topological polar surface area (TPSA) is 56.5 Å². The minimum atomic E-state index is -0.634. The zero-order valence-corrected chi connectivity index (χ0v) is 17.4. The Hall–Kier alpha value is -2.88. The van der Waals surface area contributed by atoms with Crippen LogP contribution in [0.5, 0.6) is 5.75 Å². The monoisotopic (exact) mass is 392 g/mol. The Bertz CT molecular complexity index is 1030. The molecule has 0 radical (unpaired) electrons. The Morgan fingerprint density at radius 2 is 1.83 bits per heavy atom. The van der Waals surface area contributed by atoms with Crippen molar-refractivity contribution in [3.05, 3.63) is 75.6 Å². The predicted octanol–water partition coefficient (Wildman–Crippen LogP) is 5.79. The van der Waals surface area contributed by atoms with E-state index in [4.69, 9.17) is 9.15 Å². The fourth-order valence-corrected chi connectivity index (χ4v) is 3.60. The van der Waals surface area contributed by atoms with Crippen LogP contribution in [-0.2, 0) is 6.42 Å². The van der Waals surface area contributed by atoms with Crippen LogP contribution < -0.4 is 10.4 Å². The van der Waals surface area contributed by atoms with Crippen LogP contribution in [0.25, 0.3) is 11.0 Å². The van der Waals surface area contributed by atoms with Gasteiger partial charge in [0.2, 0.25) is 0 Å². The summed E-state index contributed by atoms with van der Waals surface area (Å²) in [6.45, 7) is 4.44. The van der Waals surface area contributed by atoms with Gasteiger partial charge in [-0.15, -0.1) is 0 Å². The molecule has 0 N–H and O–H groups in total. The first-order chi connectivity index (χ1) is 14.0. The van der Waals surface area contributed by atoms with E-state index >= 15 is 0 Å². The maximum atomic E-state index is 12.9. The molecule has 4 nitrogen and oxygen atoms in total. The van der Waals surface area contributed by atoms with Crippen molar-refractivity contribution in [1.29, 1.82) is 0 Å². The first-order valence-corrected chi connectivity index (χ1v) is 10.3. The van der Waals surface area contributed by atoms with Gasteiger partial charge in [0.05, 0.1) is 7.11 Å². The zero-order valence-electron chi connectivity index (χ0n) is 17.4. The summed E-state index contributed by atoms with van der Waals surface area (Å²) < 4.78 is 10.5. The van der Waals surface area contributed by atoms with Crippen LogP contribution >= 0.6 is 0 Å². The van der Waals surface area contributed by atoms with Gasteiger partial charge in [0, 0.05) is 17.0 Å². The van der Waals surface area contributed by atoms with Crippen LogP contribution in [0.15, 0.2) is 57.7 Å². The number of ketones is 1. The highest BCUT2D eigenvalue weighted by atomic mass is 16.5. The van der Waals surface area contributed by atoms with Crippen LogP contribution in [0.3, 0.4) is 0 Å². The largest absolute Gasteiger partial charge is 0.497 e. The maximum absolute atomic E-state index is 12.9. The van der Waals surface area contributed by atoms with Gasteiger partial charge in [-0.05, 0) is 36.1 Å². The van der Waals surface area contributed by atoms with Gasteiger partial charge in [-0.25, -0.2) is 4.79 Å². The predicted molar refractivity (Wildman–Crippen MR) is 116 cm³/mol. The Labute approximate surface area is 171 Å². The van der Waals surface area contributed by atoms with Crippen LogP contribution in [0, 0.1) is 5.92 Å². The minimum absolute atomic E-state index is 0.0461. The second-order valence-corrected chi connectivity index (χ2v) is 7.50. The minimum Gasteiger partial charge on any atom is -0.497 e. The van der Waals surface area contributed by atoms with Crippen LogP contribution in [-0.4, -0.2) is 12.9 Å². The van der Waals surface area contributed by atoms with E-state index in [1.165, 1.54) is 24.8 Å². The average Bonchev–Trinajstić information content (AvgIpc) is 2.75. The van der Waals surface area contributed by atoms with Gasteiger partial charge in [0.25, 0.3) is 0 Å². The van der Waals surface area contributed by atoms with Crippen molar-refractivity contribution in [1.82, 2.24) is 0 Å². The molecule has 3 rings (SSSR count). The summed E-state index contributed by atoms with van der Waals surface area (Å²) >= 11 is 0. The molecule has 4 heteroatoms. The fraction of sp³-hybridized carbons (Fsp3) is 0.360. The van der Waals surface area contributed by atoms with Gasteiger partial charge in [-0.3, -0.25) is 4.79 Å². The van der Waals surface area contributed by atoms with Crippen molar-refractivity contribution >= 4 is 16.8 Å². The third kappa shape index (κ3) is 4.94. The third-order valence-corrected chi connectivity index (χ3v) is 5.47. The molecule has 0 aliphatic heterocycles. The van der Waals surface area contributed by atoms with Gasteiger partial charge < -0.3 is 9.15 Å². The molecule has 0 saturated carbocycles. The van der Waals surface area contributed by atoms with E-state index in [1.54, 1.807) is 31.4 Å². The second kappa shape index (κ2) is 9.55. The van der Waals surface area contributed by atoms with Crippen molar-refractivity contribution in [2.75, 3.05) is 7.11 Å². The van der Waals surface area contributed by atoms with E-state index in [0.717, 1.165) is 12.8 Å². The third-order valence-electron chi connectivity index (χ3n) is 5.47. The highest BCUT2D eigenvalue weighted by Gasteiger charge is 2.16. The molecule has 0 aliphatic carbocycles. The second-order valence-electron chi connectivity index (χ2n) is 7.50. The van der Waals surface area contributed by atoms with E-state index in [-0.39, 0.29) is 11.3 Å². The molecule has 0 saturated heterocycles. The Kier molecular flexibility index (Phi) is 6.86. The summed E-state index contributed by atoms with van der Waals surface area (Å²) in [6.07, 6.45) is 5.87. The summed E-state index contributed by atoms with van der Waals surface area (Å²) in [6, 6.07) is 14.4. The van der Waals surface area contributed by atoms with Crippen molar-refractivity contribution in [3.8, 4) is 5.75 Å². The number of ether oxygens (including phenoxy) is 1. The summed E-state index contributed by atoms with van der Waals surface area (Å²) in [5, 5.41) is 0.687. The molecule has 2 aromatic carbocycles. The molecule has 0 bridgehead atoms. The molecular formula is C25H28O4. The highest BCUT2D eigenvalue weighted by Crippen LogP contribution is 2.22. The quantitative estimate of drug-likeness (QED) is 0.341. The lowest BCUT2D eigenvalue weighted by Gasteiger charge is -2.14. The SMILES string of the molecule is CCCCC(CC)Cc1ccc(C(=O)c2cc3ccc(OC)cc3oc2=O)cc1. The van der Waals surface area contributed by atoms with Crippen LogP contribution in [0.2, 0.25) is 0 Å². The molecule has 152 valence electrons. The first-order valence-electron chi connectivity index (χ1n) is 10.3. The van der Waals surface area contributed by atoms with E-state index in [1.807, 2.05) is 24.3 Å². The molecule has 0 fully saturated rings. The summed E-state index contributed by atoms with van der Waals surface area (Å²) in [5.41, 5.74) is 1.53. The zero-order chi connectivity index (χ0) is 20.8. The first kappa shape index (κ1) is 20.8. The standard InChI is InChI=1S/C25H28O4/c1-4-6-7-17(5-2)14-18-8-10-19(11-9-18)24(26)22-15-20-12-13-21(28-3)16-23(20)29-25(22)27/h8-13,15-17H,4-7,14H2,1-3H3. The van der Waals surface area contributed by atoms with Gasteiger partial charge >= 0.3 is 5.63 Å². The molecule has 1 unspecified atom stereocenters. The van der Waals surface area contributed by atoms with E-state index in [0.29, 0.717) is 28.2 Å². The number of hydrogen-bond donors (Lipinski definition) is 0.